The van der Waals surface area contributed by atoms with Gasteiger partial charge >= 0.3 is 0 Å². The predicted molar refractivity (Wildman–Crippen MR) is 45.7 cm³/mol. The van der Waals surface area contributed by atoms with Crippen LogP contribution in [0.2, 0.25) is 5.02 Å². The van der Waals surface area contributed by atoms with Crippen LogP contribution in [-0.4, -0.2) is 5.11 Å². The first-order chi connectivity index (χ1) is 5.65. The van der Waals surface area contributed by atoms with E-state index in [9.17, 15) is 0 Å². The van der Waals surface area contributed by atoms with Crippen molar-refractivity contribution < 1.29 is 5.11 Å². The first-order valence-corrected chi connectivity index (χ1v) is 3.66. The van der Waals surface area contributed by atoms with Gasteiger partial charge in [-0.15, -0.1) is 0 Å². The SMILES string of the molecule is N#C[C@H](N)c1ccc(O)cc1Cl. The van der Waals surface area contributed by atoms with E-state index in [0.717, 1.165) is 0 Å². The molecule has 0 saturated carbocycles. The van der Waals surface area contributed by atoms with Crippen LogP contribution >= 0.6 is 11.6 Å². The molecule has 0 saturated heterocycles. The van der Waals surface area contributed by atoms with Crippen molar-refractivity contribution in [2.24, 2.45) is 5.73 Å². The molecule has 0 radical (unpaired) electrons. The van der Waals surface area contributed by atoms with Crippen molar-refractivity contribution in [3.05, 3.63) is 28.8 Å². The van der Waals surface area contributed by atoms with Gasteiger partial charge in [0, 0.05) is 5.56 Å². The maximum atomic E-state index is 8.98. The van der Waals surface area contributed by atoms with Crippen LogP contribution in [0, 0.1) is 11.3 Å². The van der Waals surface area contributed by atoms with E-state index >= 15 is 0 Å². The van der Waals surface area contributed by atoms with Crippen LogP contribution in [0.5, 0.6) is 5.75 Å². The van der Waals surface area contributed by atoms with Gasteiger partial charge in [0.2, 0.25) is 0 Å². The van der Waals surface area contributed by atoms with E-state index in [1.54, 1.807) is 0 Å². The lowest BCUT2D eigenvalue weighted by molar-refractivity contribution is 0.475. The first-order valence-electron chi connectivity index (χ1n) is 3.28. The van der Waals surface area contributed by atoms with Gasteiger partial charge in [0.1, 0.15) is 11.8 Å². The highest BCUT2D eigenvalue weighted by Crippen LogP contribution is 2.25. The number of hydrogen-bond donors (Lipinski definition) is 2. The Kier molecular flexibility index (Phi) is 2.54. The number of nitrogens with two attached hydrogens (primary N) is 1. The van der Waals surface area contributed by atoms with E-state index in [1.807, 2.05) is 6.07 Å². The van der Waals surface area contributed by atoms with E-state index < -0.39 is 6.04 Å². The third-order valence-corrected chi connectivity index (χ3v) is 1.79. The predicted octanol–water partition coefficient (Wildman–Crippen LogP) is 1.57. The molecule has 1 aromatic carbocycles. The number of hydrogen-bond acceptors (Lipinski definition) is 3. The second-order valence-electron chi connectivity index (χ2n) is 2.31. The maximum absolute atomic E-state index is 8.98. The number of phenols is 1. The molecule has 0 spiro atoms. The number of halogens is 1. The third kappa shape index (κ3) is 1.67. The minimum atomic E-state index is -0.738. The summed E-state index contributed by atoms with van der Waals surface area (Å²) >= 11 is 5.71. The molecular formula is C8H7ClN2O. The molecule has 0 unspecified atom stereocenters. The van der Waals surface area contributed by atoms with Gasteiger partial charge in [0.05, 0.1) is 11.1 Å². The van der Waals surface area contributed by atoms with E-state index in [2.05, 4.69) is 0 Å². The Morgan fingerprint density at radius 1 is 1.58 bits per heavy atom. The summed E-state index contributed by atoms with van der Waals surface area (Å²) in [5, 5.41) is 17.8. The Balaban J connectivity index is 3.11. The molecule has 62 valence electrons. The van der Waals surface area contributed by atoms with Crippen LogP contribution in [0.3, 0.4) is 0 Å². The summed E-state index contributed by atoms with van der Waals surface area (Å²) in [6.45, 7) is 0. The largest absolute Gasteiger partial charge is 0.508 e. The molecule has 0 aliphatic carbocycles. The summed E-state index contributed by atoms with van der Waals surface area (Å²) in [4.78, 5) is 0. The molecule has 12 heavy (non-hydrogen) atoms. The van der Waals surface area contributed by atoms with E-state index in [-0.39, 0.29) is 5.75 Å². The normalized spacial score (nSPS) is 12.1. The third-order valence-electron chi connectivity index (χ3n) is 1.46. The van der Waals surface area contributed by atoms with Crippen LogP contribution < -0.4 is 5.73 Å². The smallest absolute Gasteiger partial charge is 0.120 e. The van der Waals surface area contributed by atoms with Gasteiger partial charge in [0.25, 0.3) is 0 Å². The van der Waals surface area contributed by atoms with Gasteiger partial charge in [-0.3, -0.25) is 0 Å². The van der Waals surface area contributed by atoms with Crippen molar-refractivity contribution in [2.45, 2.75) is 6.04 Å². The van der Waals surface area contributed by atoms with Crippen molar-refractivity contribution in [1.82, 2.24) is 0 Å². The minimum Gasteiger partial charge on any atom is -0.508 e. The highest BCUT2D eigenvalue weighted by molar-refractivity contribution is 6.31. The van der Waals surface area contributed by atoms with Gasteiger partial charge in [-0.25, -0.2) is 0 Å². The zero-order valence-corrected chi connectivity index (χ0v) is 6.92. The lowest BCUT2D eigenvalue weighted by Gasteiger charge is -2.05. The van der Waals surface area contributed by atoms with E-state index in [1.165, 1.54) is 18.2 Å². The van der Waals surface area contributed by atoms with Crippen molar-refractivity contribution in [3.8, 4) is 11.8 Å². The lowest BCUT2D eigenvalue weighted by atomic mass is 10.1. The van der Waals surface area contributed by atoms with E-state index in [4.69, 9.17) is 27.7 Å². The fourth-order valence-corrected chi connectivity index (χ4v) is 1.13. The van der Waals surface area contributed by atoms with Gasteiger partial charge in [-0.2, -0.15) is 5.26 Å². The molecule has 3 N–H and O–H groups in total. The summed E-state index contributed by atoms with van der Waals surface area (Å²) < 4.78 is 0. The monoisotopic (exact) mass is 182 g/mol. The average molecular weight is 183 g/mol. The molecule has 0 amide bonds. The summed E-state index contributed by atoms with van der Waals surface area (Å²) in [5.74, 6) is 0.0638. The minimum absolute atomic E-state index is 0.0638. The molecule has 1 rings (SSSR count). The van der Waals surface area contributed by atoms with Crippen LogP contribution in [-0.2, 0) is 0 Å². The van der Waals surface area contributed by atoms with Crippen LogP contribution in [0.1, 0.15) is 11.6 Å². The number of phenolic OH excluding ortho intramolecular Hbond substituents is 1. The quantitative estimate of drug-likeness (QED) is 0.693. The van der Waals surface area contributed by atoms with Crippen LogP contribution in [0.4, 0.5) is 0 Å². The maximum Gasteiger partial charge on any atom is 0.120 e. The summed E-state index contributed by atoms with van der Waals surface area (Å²) in [5.41, 5.74) is 5.94. The van der Waals surface area contributed by atoms with Crippen molar-refractivity contribution in [3.63, 3.8) is 0 Å². The zero-order valence-electron chi connectivity index (χ0n) is 6.16. The molecule has 1 aromatic rings. The number of rotatable bonds is 1. The summed E-state index contributed by atoms with van der Waals surface area (Å²) in [6, 6.07) is 5.45. The molecular weight excluding hydrogens is 176 g/mol. The fourth-order valence-electron chi connectivity index (χ4n) is 0.838. The molecule has 0 aliphatic heterocycles. The Bertz CT molecular complexity index is 332. The second kappa shape index (κ2) is 3.44. The molecule has 3 nitrogen and oxygen atoms in total. The van der Waals surface area contributed by atoms with Crippen molar-refractivity contribution >= 4 is 11.6 Å². The summed E-state index contributed by atoms with van der Waals surface area (Å²) in [6.07, 6.45) is 0. The number of nitrogens with zero attached hydrogens (tertiary/aromatic N) is 1. The van der Waals surface area contributed by atoms with Gasteiger partial charge < -0.3 is 10.8 Å². The van der Waals surface area contributed by atoms with Crippen molar-refractivity contribution in [1.29, 1.82) is 5.26 Å². The number of aromatic hydroxyl groups is 1. The Morgan fingerprint density at radius 2 is 2.25 bits per heavy atom. The average Bonchev–Trinajstić information content (AvgIpc) is 2.03. The molecule has 0 bridgehead atoms. The lowest BCUT2D eigenvalue weighted by Crippen LogP contribution is -2.07. The Morgan fingerprint density at radius 3 is 2.75 bits per heavy atom. The fraction of sp³-hybridized carbons (Fsp3) is 0.125. The molecule has 0 aromatic heterocycles. The topological polar surface area (TPSA) is 70.0 Å². The van der Waals surface area contributed by atoms with Crippen LogP contribution in [0.25, 0.3) is 0 Å². The highest BCUT2D eigenvalue weighted by atomic mass is 35.5. The first kappa shape index (κ1) is 8.85. The van der Waals surface area contributed by atoms with E-state index in [0.29, 0.717) is 10.6 Å². The molecule has 4 heteroatoms. The summed E-state index contributed by atoms with van der Waals surface area (Å²) in [7, 11) is 0. The van der Waals surface area contributed by atoms with Gasteiger partial charge in [-0.05, 0) is 12.1 Å². The van der Waals surface area contributed by atoms with Crippen LogP contribution in [0.15, 0.2) is 18.2 Å². The highest BCUT2D eigenvalue weighted by Gasteiger charge is 2.08. The molecule has 0 fully saturated rings. The molecule has 0 aliphatic rings. The Hall–Kier alpha value is -1.24. The van der Waals surface area contributed by atoms with Gasteiger partial charge in [-0.1, -0.05) is 17.7 Å². The van der Waals surface area contributed by atoms with Gasteiger partial charge in [0.15, 0.2) is 0 Å². The second-order valence-corrected chi connectivity index (χ2v) is 2.72. The zero-order chi connectivity index (χ0) is 9.14. The number of benzene rings is 1. The van der Waals surface area contributed by atoms with Crippen molar-refractivity contribution in [2.75, 3.05) is 0 Å². The Labute approximate surface area is 75.0 Å². The standard InChI is InChI=1S/C8H7ClN2O/c9-7-3-5(12)1-2-6(7)8(11)4-10/h1-3,8,12H,11H2/t8-/m0/s1. The molecule has 0 heterocycles. The molecule has 1 atom stereocenters. The number of nitriles is 1.